The van der Waals surface area contributed by atoms with E-state index in [0.717, 1.165) is 0 Å². The number of urea groups is 1. The summed E-state index contributed by atoms with van der Waals surface area (Å²) in [5.41, 5.74) is 4.88. The summed E-state index contributed by atoms with van der Waals surface area (Å²) in [6, 6.07) is 1.47. The minimum absolute atomic E-state index is 0.280. The molecular weight excluding hydrogens is 254 g/mol. The van der Waals surface area contributed by atoms with E-state index in [1.54, 1.807) is 12.1 Å². The molecule has 0 aliphatic rings. The third-order valence-corrected chi connectivity index (χ3v) is 2.25. The first-order valence-electron chi connectivity index (χ1n) is 5.57. The number of rotatable bonds is 7. The van der Waals surface area contributed by atoms with Gasteiger partial charge in [-0.3, -0.25) is 4.79 Å². The second-order valence-electron chi connectivity index (χ2n) is 3.79. The highest BCUT2D eigenvalue weighted by molar-refractivity contribution is 5.87. The molecule has 0 saturated heterocycles. The van der Waals surface area contributed by atoms with Crippen molar-refractivity contribution in [3.8, 4) is 0 Å². The van der Waals surface area contributed by atoms with Crippen LogP contribution in [0.1, 0.15) is 12.2 Å². The Morgan fingerprint density at radius 3 is 2.68 bits per heavy atom. The van der Waals surface area contributed by atoms with Crippen molar-refractivity contribution >= 4 is 17.9 Å². The number of aliphatic carboxylic acids is 1. The Bertz CT molecular complexity index is 443. The van der Waals surface area contributed by atoms with Crippen LogP contribution in [0.5, 0.6) is 0 Å². The lowest BCUT2D eigenvalue weighted by atomic mass is 10.2. The van der Waals surface area contributed by atoms with Crippen molar-refractivity contribution in [2.24, 2.45) is 5.73 Å². The van der Waals surface area contributed by atoms with Crippen LogP contribution >= 0.6 is 0 Å². The lowest BCUT2D eigenvalue weighted by molar-refractivity contribution is -0.140. The van der Waals surface area contributed by atoms with Gasteiger partial charge in [-0.2, -0.15) is 0 Å². The Morgan fingerprint density at radius 1 is 1.42 bits per heavy atom. The van der Waals surface area contributed by atoms with Gasteiger partial charge >= 0.3 is 12.0 Å². The summed E-state index contributed by atoms with van der Waals surface area (Å²) in [5, 5.41) is 13.4. The lowest BCUT2D eigenvalue weighted by Crippen LogP contribution is -2.48. The number of amides is 3. The SMILES string of the molecule is NC(=O)C[C@H](NC(=O)NCCc1ccco1)C(=O)O. The Kier molecular flexibility index (Phi) is 5.39. The predicted molar refractivity (Wildman–Crippen MR) is 64.2 cm³/mol. The van der Waals surface area contributed by atoms with E-state index in [1.807, 2.05) is 0 Å². The maximum Gasteiger partial charge on any atom is 0.326 e. The molecule has 5 N–H and O–H groups in total. The summed E-state index contributed by atoms with van der Waals surface area (Å²) in [4.78, 5) is 32.8. The lowest BCUT2D eigenvalue weighted by Gasteiger charge is -2.13. The largest absolute Gasteiger partial charge is 0.480 e. The number of furan rings is 1. The molecule has 0 aromatic carbocycles. The molecule has 8 heteroatoms. The van der Waals surface area contributed by atoms with Crippen LogP contribution in [0.2, 0.25) is 0 Å². The fourth-order valence-electron chi connectivity index (χ4n) is 1.36. The van der Waals surface area contributed by atoms with Crippen molar-refractivity contribution < 1.29 is 23.9 Å². The van der Waals surface area contributed by atoms with Crippen LogP contribution in [-0.2, 0) is 16.0 Å². The second-order valence-corrected chi connectivity index (χ2v) is 3.79. The summed E-state index contributed by atoms with van der Waals surface area (Å²) in [7, 11) is 0. The van der Waals surface area contributed by atoms with Gasteiger partial charge in [0.05, 0.1) is 12.7 Å². The maximum absolute atomic E-state index is 11.4. The van der Waals surface area contributed by atoms with Gasteiger partial charge < -0.3 is 25.9 Å². The average Bonchev–Trinajstić information content (AvgIpc) is 2.80. The number of carbonyl (C=O) groups excluding carboxylic acids is 2. The summed E-state index contributed by atoms with van der Waals surface area (Å²) in [6.45, 7) is 0.280. The van der Waals surface area contributed by atoms with Crippen LogP contribution in [-0.4, -0.2) is 35.6 Å². The van der Waals surface area contributed by atoms with E-state index in [0.29, 0.717) is 12.2 Å². The number of primary amides is 1. The first kappa shape index (κ1) is 14.6. The third-order valence-electron chi connectivity index (χ3n) is 2.25. The highest BCUT2D eigenvalue weighted by Crippen LogP contribution is 1.99. The summed E-state index contributed by atoms with van der Waals surface area (Å²) >= 11 is 0. The number of hydrogen-bond acceptors (Lipinski definition) is 4. The van der Waals surface area contributed by atoms with Crippen LogP contribution < -0.4 is 16.4 Å². The summed E-state index contributed by atoms with van der Waals surface area (Å²) < 4.78 is 5.06. The van der Waals surface area contributed by atoms with Crippen molar-refractivity contribution in [3.63, 3.8) is 0 Å². The molecule has 0 fully saturated rings. The van der Waals surface area contributed by atoms with E-state index in [1.165, 1.54) is 6.26 Å². The zero-order valence-corrected chi connectivity index (χ0v) is 10.1. The zero-order chi connectivity index (χ0) is 14.3. The summed E-state index contributed by atoms with van der Waals surface area (Å²) in [6.07, 6.45) is 1.54. The van der Waals surface area contributed by atoms with Crippen molar-refractivity contribution in [3.05, 3.63) is 24.2 Å². The molecular formula is C11H15N3O5. The molecule has 8 nitrogen and oxygen atoms in total. The molecule has 0 unspecified atom stereocenters. The third kappa shape index (κ3) is 5.57. The van der Waals surface area contributed by atoms with Gasteiger partial charge in [0.2, 0.25) is 5.91 Å². The van der Waals surface area contributed by atoms with Gasteiger partial charge in [-0.25, -0.2) is 9.59 Å². The molecule has 1 atom stereocenters. The van der Waals surface area contributed by atoms with Crippen LogP contribution in [0.3, 0.4) is 0 Å². The summed E-state index contributed by atoms with van der Waals surface area (Å²) in [5.74, 6) is -1.42. The van der Waals surface area contributed by atoms with Crippen molar-refractivity contribution in [2.45, 2.75) is 18.9 Å². The molecule has 1 aromatic heterocycles. The molecule has 104 valence electrons. The average molecular weight is 269 g/mol. The van der Waals surface area contributed by atoms with E-state index in [-0.39, 0.29) is 6.54 Å². The predicted octanol–water partition coefficient (Wildman–Crippen LogP) is -0.550. The topological polar surface area (TPSA) is 135 Å². The molecule has 19 heavy (non-hydrogen) atoms. The van der Waals surface area contributed by atoms with Gasteiger partial charge in [0.1, 0.15) is 11.8 Å². The van der Waals surface area contributed by atoms with E-state index in [4.69, 9.17) is 15.3 Å². The van der Waals surface area contributed by atoms with Gasteiger partial charge in [0, 0.05) is 13.0 Å². The molecule has 0 bridgehead atoms. The molecule has 0 spiro atoms. The Balaban J connectivity index is 2.32. The molecule has 0 aliphatic carbocycles. The zero-order valence-electron chi connectivity index (χ0n) is 10.1. The minimum atomic E-state index is -1.33. The van der Waals surface area contributed by atoms with Gasteiger partial charge in [0.25, 0.3) is 0 Å². The van der Waals surface area contributed by atoms with Gasteiger partial charge in [0.15, 0.2) is 0 Å². The van der Waals surface area contributed by atoms with Gasteiger partial charge in [-0.15, -0.1) is 0 Å². The molecule has 1 aromatic rings. The number of carboxylic acid groups (broad SMARTS) is 1. The van der Waals surface area contributed by atoms with Crippen LogP contribution in [0.4, 0.5) is 4.79 Å². The molecule has 1 rings (SSSR count). The molecule has 0 aliphatic heterocycles. The minimum Gasteiger partial charge on any atom is -0.480 e. The highest BCUT2D eigenvalue weighted by Gasteiger charge is 2.21. The molecule has 1 heterocycles. The van der Waals surface area contributed by atoms with E-state index >= 15 is 0 Å². The smallest absolute Gasteiger partial charge is 0.326 e. The number of nitrogens with one attached hydrogen (secondary N) is 2. The van der Waals surface area contributed by atoms with Crippen LogP contribution in [0.25, 0.3) is 0 Å². The molecule has 3 amide bonds. The quantitative estimate of drug-likeness (QED) is 0.526. The Labute approximate surface area is 108 Å². The van der Waals surface area contributed by atoms with Crippen LogP contribution in [0.15, 0.2) is 22.8 Å². The number of carbonyl (C=O) groups is 3. The van der Waals surface area contributed by atoms with E-state index in [2.05, 4.69) is 10.6 Å². The monoisotopic (exact) mass is 269 g/mol. The van der Waals surface area contributed by atoms with Crippen LogP contribution in [0, 0.1) is 0 Å². The number of nitrogens with two attached hydrogens (primary N) is 1. The Hall–Kier alpha value is -2.51. The fraction of sp³-hybridized carbons (Fsp3) is 0.364. The van der Waals surface area contributed by atoms with Crippen molar-refractivity contribution in [1.82, 2.24) is 10.6 Å². The number of hydrogen-bond donors (Lipinski definition) is 4. The Morgan fingerprint density at radius 2 is 2.16 bits per heavy atom. The van der Waals surface area contributed by atoms with Crippen molar-refractivity contribution in [2.75, 3.05) is 6.54 Å². The van der Waals surface area contributed by atoms with E-state index < -0.39 is 30.4 Å². The fourth-order valence-corrected chi connectivity index (χ4v) is 1.36. The molecule has 0 radical (unpaired) electrons. The first-order chi connectivity index (χ1) is 8.99. The normalized spacial score (nSPS) is 11.6. The van der Waals surface area contributed by atoms with Gasteiger partial charge in [-0.05, 0) is 12.1 Å². The standard InChI is InChI=1S/C11H15N3O5/c12-9(15)6-8(10(16)17)14-11(18)13-4-3-7-2-1-5-19-7/h1-2,5,8H,3-4,6H2,(H2,12,15)(H,16,17)(H2,13,14,18)/t8-/m0/s1. The van der Waals surface area contributed by atoms with E-state index in [9.17, 15) is 14.4 Å². The first-order valence-corrected chi connectivity index (χ1v) is 5.57. The maximum atomic E-state index is 11.4. The van der Waals surface area contributed by atoms with Gasteiger partial charge in [-0.1, -0.05) is 0 Å². The van der Waals surface area contributed by atoms with Crippen molar-refractivity contribution in [1.29, 1.82) is 0 Å². The highest BCUT2D eigenvalue weighted by atomic mass is 16.4. The second kappa shape index (κ2) is 7.04. The number of carboxylic acids is 1. The molecule has 0 saturated carbocycles.